The summed E-state index contributed by atoms with van der Waals surface area (Å²) in [6.45, 7) is 6.02. The first-order chi connectivity index (χ1) is 7.74. The molecule has 0 aliphatic rings. The standard InChI is InChI=1S/C10H15BrClNO2S2/c1-6(2)8(12)5-13-17(14,15)9-4-7(3)10(11)16-9/h4,6,8,13H,5H2,1-3H3. The first-order valence-electron chi connectivity index (χ1n) is 5.13. The molecule has 17 heavy (non-hydrogen) atoms. The van der Waals surface area contributed by atoms with E-state index in [2.05, 4.69) is 20.7 Å². The summed E-state index contributed by atoms with van der Waals surface area (Å²) in [5, 5.41) is -0.200. The van der Waals surface area contributed by atoms with Crippen LogP contribution in [0.5, 0.6) is 0 Å². The lowest BCUT2D eigenvalue weighted by atomic mass is 10.1. The Kier molecular flexibility index (Phi) is 5.46. The van der Waals surface area contributed by atoms with Crippen LogP contribution in [0.4, 0.5) is 0 Å². The molecule has 0 saturated carbocycles. The van der Waals surface area contributed by atoms with Gasteiger partial charge in [-0.15, -0.1) is 22.9 Å². The summed E-state index contributed by atoms with van der Waals surface area (Å²) >= 11 is 10.5. The Morgan fingerprint density at radius 1 is 1.53 bits per heavy atom. The Hall–Kier alpha value is 0.380. The average Bonchev–Trinajstić information content (AvgIpc) is 2.56. The molecule has 0 fully saturated rings. The molecule has 1 aromatic rings. The van der Waals surface area contributed by atoms with Crippen LogP contribution in [-0.4, -0.2) is 20.3 Å². The fourth-order valence-corrected chi connectivity index (χ4v) is 4.56. The lowest BCUT2D eigenvalue weighted by Crippen LogP contribution is -2.31. The summed E-state index contributed by atoms with van der Waals surface area (Å²) in [7, 11) is -3.44. The number of nitrogens with one attached hydrogen (secondary N) is 1. The van der Waals surface area contributed by atoms with Gasteiger partial charge in [0.1, 0.15) is 4.21 Å². The van der Waals surface area contributed by atoms with Crippen LogP contribution in [0.3, 0.4) is 0 Å². The van der Waals surface area contributed by atoms with Crippen LogP contribution < -0.4 is 4.72 Å². The number of hydrogen-bond acceptors (Lipinski definition) is 3. The molecule has 0 aromatic carbocycles. The van der Waals surface area contributed by atoms with E-state index in [0.29, 0.717) is 4.21 Å². The summed E-state index contributed by atoms with van der Waals surface area (Å²) in [5.41, 5.74) is 0.918. The zero-order chi connectivity index (χ0) is 13.2. The van der Waals surface area contributed by atoms with Gasteiger partial charge in [-0.05, 0) is 40.4 Å². The molecule has 0 amide bonds. The molecule has 7 heteroatoms. The van der Waals surface area contributed by atoms with Crippen LogP contribution in [0.2, 0.25) is 0 Å². The number of rotatable bonds is 5. The van der Waals surface area contributed by atoms with Gasteiger partial charge in [0, 0.05) is 11.9 Å². The molecule has 1 rings (SSSR count). The van der Waals surface area contributed by atoms with Crippen LogP contribution in [-0.2, 0) is 10.0 Å². The maximum absolute atomic E-state index is 11.9. The van der Waals surface area contributed by atoms with Crippen molar-refractivity contribution in [3.05, 3.63) is 15.4 Å². The Bertz CT molecular complexity index is 465. The van der Waals surface area contributed by atoms with Gasteiger partial charge in [0.05, 0.1) is 3.79 Å². The van der Waals surface area contributed by atoms with Crippen molar-refractivity contribution >= 4 is 48.9 Å². The highest BCUT2D eigenvalue weighted by Gasteiger charge is 2.20. The van der Waals surface area contributed by atoms with Gasteiger partial charge in [-0.25, -0.2) is 13.1 Å². The summed E-state index contributed by atoms with van der Waals surface area (Å²) in [6.07, 6.45) is 0. The van der Waals surface area contributed by atoms with Crippen LogP contribution in [0.1, 0.15) is 19.4 Å². The van der Waals surface area contributed by atoms with Gasteiger partial charge in [-0.1, -0.05) is 13.8 Å². The molecule has 0 spiro atoms. The largest absolute Gasteiger partial charge is 0.250 e. The molecule has 3 nitrogen and oxygen atoms in total. The smallest absolute Gasteiger partial charge is 0.209 e. The van der Waals surface area contributed by atoms with Crippen molar-refractivity contribution in [1.29, 1.82) is 0 Å². The van der Waals surface area contributed by atoms with E-state index in [0.717, 1.165) is 9.35 Å². The monoisotopic (exact) mass is 359 g/mol. The minimum atomic E-state index is -3.44. The Labute approximate surface area is 120 Å². The van der Waals surface area contributed by atoms with Crippen molar-refractivity contribution in [2.24, 2.45) is 5.92 Å². The predicted molar refractivity (Wildman–Crippen MR) is 76.4 cm³/mol. The van der Waals surface area contributed by atoms with E-state index < -0.39 is 10.0 Å². The second-order valence-electron chi connectivity index (χ2n) is 4.13. The van der Waals surface area contributed by atoms with Crippen molar-refractivity contribution in [1.82, 2.24) is 4.72 Å². The van der Waals surface area contributed by atoms with Crippen molar-refractivity contribution in [2.45, 2.75) is 30.4 Å². The van der Waals surface area contributed by atoms with E-state index in [4.69, 9.17) is 11.6 Å². The van der Waals surface area contributed by atoms with Gasteiger partial charge < -0.3 is 0 Å². The van der Waals surface area contributed by atoms with Crippen molar-refractivity contribution in [3.63, 3.8) is 0 Å². The Morgan fingerprint density at radius 2 is 2.12 bits per heavy atom. The van der Waals surface area contributed by atoms with E-state index in [1.807, 2.05) is 20.8 Å². The lowest BCUT2D eigenvalue weighted by Gasteiger charge is -2.13. The summed E-state index contributed by atoms with van der Waals surface area (Å²) < 4.78 is 27.6. The third kappa shape index (κ3) is 4.21. The fourth-order valence-electron chi connectivity index (χ4n) is 1.06. The quantitative estimate of drug-likeness (QED) is 0.818. The maximum Gasteiger partial charge on any atom is 0.250 e. The molecule has 1 N–H and O–H groups in total. The normalized spacial score (nSPS) is 14.2. The van der Waals surface area contributed by atoms with E-state index in [-0.39, 0.29) is 17.8 Å². The summed E-state index contributed by atoms with van der Waals surface area (Å²) in [4.78, 5) is 0. The molecule has 0 saturated heterocycles. The summed E-state index contributed by atoms with van der Waals surface area (Å²) in [6, 6.07) is 1.65. The molecular weight excluding hydrogens is 346 g/mol. The highest BCUT2D eigenvalue weighted by Crippen LogP contribution is 2.30. The molecule has 98 valence electrons. The van der Waals surface area contributed by atoms with Gasteiger partial charge in [0.2, 0.25) is 10.0 Å². The molecular formula is C10H15BrClNO2S2. The van der Waals surface area contributed by atoms with Crippen molar-refractivity contribution < 1.29 is 8.42 Å². The van der Waals surface area contributed by atoms with E-state index >= 15 is 0 Å². The topological polar surface area (TPSA) is 46.2 Å². The third-order valence-electron chi connectivity index (χ3n) is 2.29. The maximum atomic E-state index is 11.9. The van der Waals surface area contributed by atoms with Gasteiger partial charge >= 0.3 is 0 Å². The van der Waals surface area contributed by atoms with Crippen LogP contribution >= 0.6 is 38.9 Å². The van der Waals surface area contributed by atoms with Crippen LogP contribution in [0.15, 0.2) is 14.1 Å². The van der Waals surface area contributed by atoms with Gasteiger partial charge in [0.15, 0.2) is 0 Å². The lowest BCUT2D eigenvalue weighted by molar-refractivity contribution is 0.557. The Balaban J connectivity index is 2.76. The highest BCUT2D eigenvalue weighted by atomic mass is 79.9. The second-order valence-corrected chi connectivity index (χ2v) is 9.06. The van der Waals surface area contributed by atoms with Gasteiger partial charge in [0.25, 0.3) is 0 Å². The first-order valence-corrected chi connectivity index (χ1v) is 8.66. The predicted octanol–water partition coefficient (Wildman–Crippen LogP) is 3.36. The number of hydrogen-bond donors (Lipinski definition) is 1. The Morgan fingerprint density at radius 3 is 2.53 bits per heavy atom. The minimum absolute atomic E-state index is 0.200. The highest BCUT2D eigenvalue weighted by molar-refractivity contribution is 9.11. The van der Waals surface area contributed by atoms with Crippen LogP contribution in [0.25, 0.3) is 0 Å². The van der Waals surface area contributed by atoms with Crippen molar-refractivity contribution in [2.75, 3.05) is 6.54 Å². The third-order valence-corrected chi connectivity index (χ3v) is 6.98. The zero-order valence-electron chi connectivity index (χ0n) is 9.83. The molecule has 0 radical (unpaired) electrons. The molecule has 0 bridgehead atoms. The SMILES string of the molecule is Cc1cc(S(=O)(=O)NCC(Cl)C(C)C)sc1Br. The summed E-state index contributed by atoms with van der Waals surface area (Å²) in [5.74, 6) is 0.233. The van der Waals surface area contributed by atoms with E-state index in [9.17, 15) is 8.42 Å². The fraction of sp³-hybridized carbons (Fsp3) is 0.600. The molecule has 0 aliphatic heterocycles. The minimum Gasteiger partial charge on any atom is -0.209 e. The molecule has 1 atom stereocenters. The number of halogens is 2. The molecule has 1 unspecified atom stereocenters. The number of sulfonamides is 1. The molecule has 0 aliphatic carbocycles. The number of thiophene rings is 1. The number of alkyl halides is 1. The number of aryl methyl sites for hydroxylation is 1. The first kappa shape index (κ1) is 15.4. The second kappa shape index (κ2) is 6.02. The molecule has 1 heterocycles. The molecule has 1 aromatic heterocycles. The average molecular weight is 361 g/mol. The van der Waals surface area contributed by atoms with E-state index in [1.54, 1.807) is 6.07 Å². The van der Waals surface area contributed by atoms with E-state index in [1.165, 1.54) is 11.3 Å². The van der Waals surface area contributed by atoms with Gasteiger partial charge in [-0.2, -0.15) is 0 Å². The zero-order valence-corrected chi connectivity index (χ0v) is 13.8. The van der Waals surface area contributed by atoms with Crippen LogP contribution in [0, 0.1) is 12.8 Å². The van der Waals surface area contributed by atoms with Crippen molar-refractivity contribution in [3.8, 4) is 0 Å². The van der Waals surface area contributed by atoms with Gasteiger partial charge in [-0.3, -0.25) is 0 Å².